The van der Waals surface area contributed by atoms with Crippen LogP contribution in [0.5, 0.6) is 0 Å². The van der Waals surface area contributed by atoms with Gasteiger partial charge in [0, 0.05) is 29.8 Å². The third kappa shape index (κ3) is 3.17. The van der Waals surface area contributed by atoms with Gasteiger partial charge in [-0.15, -0.1) is 11.6 Å². The Balaban J connectivity index is 1.83. The van der Waals surface area contributed by atoms with Crippen LogP contribution < -0.4 is 0 Å². The van der Waals surface area contributed by atoms with Crippen molar-refractivity contribution in [2.75, 3.05) is 13.2 Å². The van der Waals surface area contributed by atoms with Crippen LogP contribution in [0.1, 0.15) is 66.7 Å². The minimum atomic E-state index is -1.38. The highest BCUT2D eigenvalue weighted by atomic mass is 35.5. The lowest BCUT2D eigenvalue weighted by Crippen LogP contribution is -2.69. The molecule has 34 heavy (non-hydrogen) atoms. The molecular weight excluding hydrogens is 456 g/mol. The molecule has 0 aromatic heterocycles. The maximum atomic E-state index is 13.7. The summed E-state index contributed by atoms with van der Waals surface area (Å²) < 4.78 is 11.6. The highest BCUT2D eigenvalue weighted by molar-refractivity contribution is 6.26. The average Bonchev–Trinajstić information content (AvgIpc) is 3.00. The van der Waals surface area contributed by atoms with E-state index in [1.807, 2.05) is 33.8 Å². The van der Waals surface area contributed by atoms with E-state index < -0.39 is 33.4 Å². The SMILES string of the molecule is CCOCC(=O)[C@@]1(OC(=O)CC)[C@@H](C)C[C@H]2[C@@H]3CCC4=CC(=O)C=C[C@]4(C)[C@@]3(Cl)[C@@H](O)C[C@@]21C. The van der Waals surface area contributed by atoms with Gasteiger partial charge in [-0.1, -0.05) is 39.3 Å². The molecule has 0 amide bonds. The number of aliphatic hydroxyl groups excluding tert-OH is 1. The number of ether oxygens (including phenoxy) is 2. The van der Waals surface area contributed by atoms with Gasteiger partial charge in [0.05, 0.1) is 11.0 Å². The Labute approximate surface area is 207 Å². The predicted molar refractivity (Wildman–Crippen MR) is 128 cm³/mol. The van der Waals surface area contributed by atoms with Crippen LogP contribution in [-0.4, -0.2) is 52.4 Å². The van der Waals surface area contributed by atoms with Crippen molar-refractivity contribution < 1.29 is 29.0 Å². The van der Waals surface area contributed by atoms with Crippen molar-refractivity contribution >= 4 is 29.1 Å². The van der Waals surface area contributed by atoms with Crippen LogP contribution in [-0.2, 0) is 23.9 Å². The summed E-state index contributed by atoms with van der Waals surface area (Å²) in [4.78, 5) is 37.5. The van der Waals surface area contributed by atoms with Gasteiger partial charge in [0.1, 0.15) is 6.61 Å². The Morgan fingerprint density at radius 2 is 1.94 bits per heavy atom. The molecule has 0 aromatic rings. The number of fused-ring (bicyclic) bond motifs is 5. The Bertz CT molecular complexity index is 957. The first-order chi connectivity index (χ1) is 15.9. The number of rotatable bonds is 6. The second-order valence-corrected chi connectivity index (χ2v) is 11.7. The summed E-state index contributed by atoms with van der Waals surface area (Å²) in [7, 11) is 0. The lowest BCUT2D eigenvalue weighted by atomic mass is 9.45. The highest BCUT2D eigenvalue weighted by Gasteiger charge is 2.76. The van der Waals surface area contributed by atoms with E-state index in [0.29, 0.717) is 25.9 Å². The minimum absolute atomic E-state index is 0.0389. The smallest absolute Gasteiger partial charge is 0.306 e. The molecule has 0 aromatic carbocycles. The largest absolute Gasteiger partial charge is 0.450 e. The molecule has 0 saturated heterocycles. The number of Topliss-reactive ketones (excluding diaryl/α,β-unsaturated/α-hetero) is 1. The molecule has 0 unspecified atom stereocenters. The zero-order valence-corrected chi connectivity index (χ0v) is 21.6. The van der Waals surface area contributed by atoms with E-state index in [2.05, 4.69) is 0 Å². The molecule has 3 saturated carbocycles. The molecule has 8 atom stereocenters. The quantitative estimate of drug-likeness (QED) is 0.442. The fourth-order valence-corrected chi connectivity index (χ4v) is 8.48. The number of aliphatic hydroxyl groups is 1. The van der Waals surface area contributed by atoms with Crippen molar-refractivity contribution in [1.29, 1.82) is 0 Å². The molecule has 0 aliphatic heterocycles. The Hall–Kier alpha value is -1.50. The van der Waals surface area contributed by atoms with E-state index in [9.17, 15) is 19.5 Å². The van der Waals surface area contributed by atoms with Gasteiger partial charge in [0.25, 0.3) is 0 Å². The topological polar surface area (TPSA) is 89.9 Å². The molecular formula is C27H37ClO6. The van der Waals surface area contributed by atoms with Crippen LogP contribution in [0.15, 0.2) is 23.8 Å². The lowest BCUT2D eigenvalue weighted by molar-refractivity contribution is -0.203. The second kappa shape index (κ2) is 8.56. The number of alkyl halides is 1. The van der Waals surface area contributed by atoms with Gasteiger partial charge in [-0.05, 0) is 56.6 Å². The van der Waals surface area contributed by atoms with Crippen LogP contribution >= 0.6 is 11.6 Å². The number of esters is 1. The van der Waals surface area contributed by atoms with E-state index in [0.717, 1.165) is 5.57 Å². The number of allylic oxidation sites excluding steroid dienone is 4. The van der Waals surface area contributed by atoms with Gasteiger partial charge in [0.15, 0.2) is 11.4 Å². The van der Waals surface area contributed by atoms with Crippen LogP contribution in [0.3, 0.4) is 0 Å². The summed E-state index contributed by atoms with van der Waals surface area (Å²) in [5.74, 6) is -1.12. The molecule has 0 heterocycles. The summed E-state index contributed by atoms with van der Waals surface area (Å²) in [6, 6.07) is 0. The number of hydrogen-bond acceptors (Lipinski definition) is 6. The van der Waals surface area contributed by atoms with Gasteiger partial charge in [-0.2, -0.15) is 0 Å². The van der Waals surface area contributed by atoms with E-state index in [1.165, 1.54) is 0 Å². The molecule has 0 bridgehead atoms. The molecule has 1 N–H and O–H groups in total. The first kappa shape index (κ1) is 25.6. The summed E-state index contributed by atoms with van der Waals surface area (Å²) in [6.07, 6.45) is 6.56. The van der Waals surface area contributed by atoms with Crippen molar-refractivity contribution in [3.05, 3.63) is 23.8 Å². The molecule has 6 nitrogen and oxygen atoms in total. The monoisotopic (exact) mass is 492 g/mol. The summed E-state index contributed by atoms with van der Waals surface area (Å²) >= 11 is 7.48. The molecule has 0 radical (unpaired) electrons. The summed E-state index contributed by atoms with van der Waals surface area (Å²) in [5, 5.41) is 11.8. The predicted octanol–water partition coefficient (Wildman–Crippen LogP) is 4.17. The number of ketones is 2. The summed E-state index contributed by atoms with van der Waals surface area (Å²) in [6.45, 7) is 9.75. The fraction of sp³-hybridized carbons (Fsp3) is 0.741. The zero-order valence-electron chi connectivity index (χ0n) is 20.9. The number of halogens is 1. The number of hydrogen-bond donors (Lipinski definition) is 1. The van der Waals surface area contributed by atoms with Crippen LogP contribution in [0, 0.1) is 28.6 Å². The van der Waals surface area contributed by atoms with E-state index >= 15 is 0 Å². The lowest BCUT2D eigenvalue weighted by Gasteiger charge is -2.64. The molecule has 0 spiro atoms. The van der Waals surface area contributed by atoms with E-state index in [1.54, 1.807) is 19.1 Å². The normalized spacial score (nSPS) is 45.1. The maximum absolute atomic E-state index is 13.7. The third-order valence-electron chi connectivity index (χ3n) is 9.60. The first-order valence-corrected chi connectivity index (χ1v) is 12.9. The number of carbonyl (C=O) groups is 3. The molecule has 3 fully saturated rings. The standard InChI is InChI=1S/C27H37ClO6/c1-6-23(32)34-27(22(31)15-33-7-2)16(3)12-20-19-9-8-17-13-18(29)10-11-24(17,4)26(19,28)21(30)14-25(20,27)5/h10-11,13,16,19-21,30H,6-9,12,14-15H2,1-5H3/t16-,19-,20-,21-,24-,25-,26-,27-/m0/s1. The van der Waals surface area contributed by atoms with Gasteiger partial charge in [-0.25, -0.2) is 0 Å². The van der Waals surface area contributed by atoms with Crippen molar-refractivity contribution in [3.8, 4) is 0 Å². The molecule has 7 heteroatoms. The Morgan fingerprint density at radius 3 is 2.59 bits per heavy atom. The highest BCUT2D eigenvalue weighted by Crippen LogP contribution is 2.72. The van der Waals surface area contributed by atoms with Gasteiger partial charge < -0.3 is 14.6 Å². The zero-order chi connectivity index (χ0) is 25.1. The Morgan fingerprint density at radius 1 is 1.24 bits per heavy atom. The van der Waals surface area contributed by atoms with Gasteiger partial charge in [-0.3, -0.25) is 14.4 Å². The molecule has 188 valence electrons. The average molecular weight is 493 g/mol. The Kier molecular flexibility index (Phi) is 6.44. The van der Waals surface area contributed by atoms with Gasteiger partial charge in [0.2, 0.25) is 5.78 Å². The van der Waals surface area contributed by atoms with E-state index in [-0.39, 0.29) is 48.8 Å². The van der Waals surface area contributed by atoms with Gasteiger partial charge >= 0.3 is 5.97 Å². The van der Waals surface area contributed by atoms with Crippen LogP contribution in [0.4, 0.5) is 0 Å². The van der Waals surface area contributed by atoms with Crippen molar-refractivity contribution in [2.24, 2.45) is 28.6 Å². The number of carbonyl (C=O) groups excluding carboxylic acids is 3. The van der Waals surface area contributed by atoms with Crippen molar-refractivity contribution in [3.63, 3.8) is 0 Å². The van der Waals surface area contributed by atoms with Crippen LogP contribution in [0.2, 0.25) is 0 Å². The van der Waals surface area contributed by atoms with Crippen molar-refractivity contribution in [2.45, 2.75) is 83.3 Å². The third-order valence-corrected chi connectivity index (χ3v) is 10.5. The summed E-state index contributed by atoms with van der Waals surface area (Å²) in [5.41, 5.74) is -1.89. The second-order valence-electron chi connectivity index (χ2n) is 11.0. The maximum Gasteiger partial charge on any atom is 0.306 e. The fourth-order valence-electron chi connectivity index (χ4n) is 7.95. The van der Waals surface area contributed by atoms with Crippen LogP contribution in [0.25, 0.3) is 0 Å². The molecule has 4 aliphatic rings. The first-order valence-electron chi connectivity index (χ1n) is 12.6. The minimum Gasteiger partial charge on any atom is -0.450 e. The van der Waals surface area contributed by atoms with E-state index in [4.69, 9.17) is 21.1 Å². The molecule has 4 rings (SSSR count). The molecule has 4 aliphatic carbocycles. The van der Waals surface area contributed by atoms with Crippen molar-refractivity contribution in [1.82, 2.24) is 0 Å².